The van der Waals surface area contributed by atoms with Crippen molar-refractivity contribution in [3.05, 3.63) is 70.5 Å². The van der Waals surface area contributed by atoms with Crippen molar-refractivity contribution in [2.45, 2.75) is 26.2 Å². The van der Waals surface area contributed by atoms with E-state index in [4.69, 9.17) is 0 Å². The average molecular weight is 268 g/mol. The van der Waals surface area contributed by atoms with Crippen LogP contribution in [-0.2, 0) is 0 Å². The van der Waals surface area contributed by atoms with Crippen molar-refractivity contribution >= 4 is 5.78 Å². The zero-order valence-corrected chi connectivity index (χ0v) is 11.7. The first kappa shape index (κ1) is 13.0. The number of hydrogen-bond donors (Lipinski definition) is 0. The number of Topliss-reactive ketones (excluding diaryl/α,β-unsaturated/α-hetero) is 1. The van der Waals surface area contributed by atoms with Gasteiger partial charge >= 0.3 is 0 Å². The first-order chi connectivity index (χ1) is 9.58. The van der Waals surface area contributed by atoms with Gasteiger partial charge in [0.15, 0.2) is 5.78 Å². The van der Waals surface area contributed by atoms with Gasteiger partial charge in [-0.3, -0.25) is 4.79 Å². The van der Waals surface area contributed by atoms with Crippen LogP contribution in [0.25, 0.3) is 0 Å². The molecule has 0 aliphatic heterocycles. The minimum atomic E-state index is -0.211. The lowest BCUT2D eigenvalue weighted by Crippen LogP contribution is -2.05. The summed E-state index contributed by atoms with van der Waals surface area (Å²) in [4.78, 5) is 12.5. The number of hydrogen-bond acceptors (Lipinski definition) is 1. The molecule has 3 rings (SSSR count). The van der Waals surface area contributed by atoms with Gasteiger partial charge in [-0.25, -0.2) is 4.39 Å². The third-order valence-corrected chi connectivity index (χ3v) is 4.08. The van der Waals surface area contributed by atoms with Crippen molar-refractivity contribution in [3.63, 3.8) is 0 Å². The second-order valence-electron chi connectivity index (χ2n) is 5.65. The fourth-order valence-corrected chi connectivity index (χ4v) is 2.86. The lowest BCUT2D eigenvalue weighted by atomic mass is 9.99. The van der Waals surface area contributed by atoms with E-state index in [2.05, 4.69) is 12.1 Å². The topological polar surface area (TPSA) is 17.1 Å². The van der Waals surface area contributed by atoms with Gasteiger partial charge in [0.25, 0.3) is 0 Å². The lowest BCUT2D eigenvalue weighted by Gasteiger charge is -2.06. The summed E-state index contributed by atoms with van der Waals surface area (Å²) in [5, 5.41) is 0. The highest BCUT2D eigenvalue weighted by molar-refractivity contribution is 6.00. The van der Waals surface area contributed by atoms with Crippen molar-refractivity contribution in [2.75, 3.05) is 0 Å². The molecule has 0 radical (unpaired) electrons. The van der Waals surface area contributed by atoms with Crippen LogP contribution in [0, 0.1) is 25.6 Å². The maximum absolute atomic E-state index is 13.6. The first-order valence-corrected chi connectivity index (χ1v) is 6.94. The predicted molar refractivity (Wildman–Crippen MR) is 77.5 cm³/mol. The zero-order valence-electron chi connectivity index (χ0n) is 11.7. The number of carbonyl (C=O) groups excluding carboxylic acids is 1. The molecular formula is C18H17FO. The van der Waals surface area contributed by atoms with Crippen LogP contribution in [0.4, 0.5) is 4.39 Å². The van der Waals surface area contributed by atoms with Gasteiger partial charge in [-0.1, -0.05) is 30.3 Å². The molecule has 2 unspecified atom stereocenters. The molecule has 2 aromatic rings. The average Bonchev–Trinajstić information content (AvgIpc) is 3.25. The van der Waals surface area contributed by atoms with Crippen LogP contribution in [0.3, 0.4) is 0 Å². The van der Waals surface area contributed by atoms with E-state index in [1.54, 1.807) is 26.0 Å². The maximum Gasteiger partial charge on any atom is 0.166 e. The normalized spacial score (nSPS) is 20.8. The number of benzene rings is 2. The van der Waals surface area contributed by atoms with E-state index in [1.165, 1.54) is 5.56 Å². The van der Waals surface area contributed by atoms with Crippen LogP contribution in [0.15, 0.2) is 42.5 Å². The Morgan fingerprint density at radius 3 is 2.30 bits per heavy atom. The predicted octanol–water partition coefficient (Wildman–Crippen LogP) is 4.43. The molecule has 1 aliphatic rings. The zero-order chi connectivity index (χ0) is 14.3. The third kappa shape index (κ3) is 2.26. The summed E-state index contributed by atoms with van der Waals surface area (Å²) >= 11 is 0. The molecule has 0 bridgehead atoms. The maximum atomic E-state index is 13.6. The summed E-state index contributed by atoms with van der Waals surface area (Å²) in [6.45, 7) is 3.42. The van der Waals surface area contributed by atoms with E-state index in [0.29, 0.717) is 22.6 Å². The van der Waals surface area contributed by atoms with Crippen LogP contribution in [0.5, 0.6) is 0 Å². The van der Waals surface area contributed by atoms with Gasteiger partial charge in [-0.05, 0) is 55.0 Å². The summed E-state index contributed by atoms with van der Waals surface area (Å²) < 4.78 is 13.6. The van der Waals surface area contributed by atoms with E-state index in [1.807, 2.05) is 18.2 Å². The smallest absolute Gasteiger partial charge is 0.166 e. The highest BCUT2D eigenvalue weighted by Crippen LogP contribution is 2.49. The fraction of sp³-hybridized carbons (Fsp3) is 0.278. The quantitative estimate of drug-likeness (QED) is 0.753. The Labute approximate surface area is 118 Å². The third-order valence-electron chi connectivity index (χ3n) is 4.08. The van der Waals surface area contributed by atoms with E-state index in [-0.39, 0.29) is 17.5 Å². The van der Waals surface area contributed by atoms with Crippen LogP contribution in [-0.4, -0.2) is 5.78 Å². The Morgan fingerprint density at radius 2 is 1.70 bits per heavy atom. The molecule has 0 N–H and O–H groups in total. The number of rotatable bonds is 3. The van der Waals surface area contributed by atoms with E-state index in [9.17, 15) is 9.18 Å². The van der Waals surface area contributed by atoms with Crippen molar-refractivity contribution in [3.8, 4) is 0 Å². The number of aryl methyl sites for hydroxylation is 2. The van der Waals surface area contributed by atoms with Gasteiger partial charge in [0.05, 0.1) is 0 Å². The molecule has 1 fully saturated rings. The van der Waals surface area contributed by atoms with Gasteiger partial charge in [0.1, 0.15) is 5.82 Å². The largest absolute Gasteiger partial charge is 0.294 e. The standard InChI is InChI=1S/C18H17FO/c1-11-8-14(9-12(2)17(11)19)18(20)16-10-15(16)13-6-4-3-5-7-13/h3-9,15-16H,10H2,1-2H3. The Morgan fingerprint density at radius 1 is 1.10 bits per heavy atom. The molecule has 102 valence electrons. The summed E-state index contributed by atoms with van der Waals surface area (Å²) in [5.41, 5.74) is 2.96. The van der Waals surface area contributed by atoms with Crippen molar-refractivity contribution in [2.24, 2.45) is 5.92 Å². The second kappa shape index (κ2) is 4.86. The molecule has 20 heavy (non-hydrogen) atoms. The minimum Gasteiger partial charge on any atom is -0.294 e. The van der Waals surface area contributed by atoms with Crippen LogP contribution < -0.4 is 0 Å². The molecule has 0 heterocycles. The molecule has 2 atom stereocenters. The Kier molecular flexibility index (Phi) is 3.17. The Bertz CT molecular complexity index is 637. The monoisotopic (exact) mass is 268 g/mol. The summed E-state index contributed by atoms with van der Waals surface area (Å²) in [5.74, 6) is 0.318. The second-order valence-corrected chi connectivity index (χ2v) is 5.65. The molecule has 1 saturated carbocycles. The van der Waals surface area contributed by atoms with Gasteiger partial charge in [-0.2, -0.15) is 0 Å². The number of halogens is 1. The van der Waals surface area contributed by atoms with E-state index < -0.39 is 0 Å². The van der Waals surface area contributed by atoms with Crippen molar-refractivity contribution in [1.29, 1.82) is 0 Å². The Hall–Kier alpha value is -1.96. The van der Waals surface area contributed by atoms with E-state index >= 15 is 0 Å². The molecular weight excluding hydrogens is 251 g/mol. The van der Waals surface area contributed by atoms with Crippen LogP contribution in [0.1, 0.15) is 39.4 Å². The van der Waals surface area contributed by atoms with Gasteiger partial charge in [-0.15, -0.1) is 0 Å². The Balaban J connectivity index is 1.82. The SMILES string of the molecule is Cc1cc(C(=O)C2CC2c2ccccc2)cc(C)c1F. The molecule has 0 spiro atoms. The summed E-state index contributed by atoms with van der Waals surface area (Å²) in [6, 6.07) is 13.5. The van der Waals surface area contributed by atoms with Crippen LogP contribution >= 0.6 is 0 Å². The highest BCUT2D eigenvalue weighted by Gasteiger charge is 2.43. The van der Waals surface area contributed by atoms with Gasteiger partial charge in [0.2, 0.25) is 0 Å². The first-order valence-electron chi connectivity index (χ1n) is 6.94. The number of ketones is 1. The fourth-order valence-electron chi connectivity index (χ4n) is 2.86. The van der Waals surface area contributed by atoms with Crippen molar-refractivity contribution < 1.29 is 9.18 Å². The lowest BCUT2D eigenvalue weighted by molar-refractivity contribution is 0.0965. The highest BCUT2D eigenvalue weighted by atomic mass is 19.1. The van der Waals surface area contributed by atoms with Gasteiger partial charge < -0.3 is 0 Å². The summed E-state index contributed by atoms with van der Waals surface area (Å²) in [6.07, 6.45) is 0.901. The molecule has 0 amide bonds. The van der Waals surface area contributed by atoms with Gasteiger partial charge in [0, 0.05) is 11.5 Å². The van der Waals surface area contributed by atoms with E-state index in [0.717, 1.165) is 6.42 Å². The minimum absolute atomic E-state index is 0.0571. The van der Waals surface area contributed by atoms with Crippen LogP contribution in [0.2, 0.25) is 0 Å². The summed E-state index contributed by atoms with van der Waals surface area (Å²) in [7, 11) is 0. The molecule has 0 saturated heterocycles. The molecule has 1 aliphatic carbocycles. The molecule has 2 heteroatoms. The molecule has 0 aromatic heterocycles. The number of carbonyl (C=O) groups is 1. The molecule has 2 aromatic carbocycles. The van der Waals surface area contributed by atoms with Crippen molar-refractivity contribution in [1.82, 2.24) is 0 Å². The molecule has 1 nitrogen and oxygen atoms in total.